The van der Waals surface area contributed by atoms with Gasteiger partial charge in [-0.2, -0.15) is 5.26 Å². The van der Waals surface area contributed by atoms with E-state index in [2.05, 4.69) is 4.72 Å². The molecule has 0 aliphatic carbocycles. The molecule has 0 saturated carbocycles. The van der Waals surface area contributed by atoms with Crippen LogP contribution in [-0.2, 0) is 14.8 Å². The molecule has 0 bridgehead atoms. The summed E-state index contributed by atoms with van der Waals surface area (Å²) in [4.78, 5) is 0.197. The zero-order chi connectivity index (χ0) is 15.7. The maximum atomic E-state index is 12.4. The van der Waals surface area contributed by atoms with Gasteiger partial charge in [-0.1, -0.05) is 0 Å². The number of sulfonamides is 1. The minimum Gasteiger partial charge on any atom is -0.375 e. The van der Waals surface area contributed by atoms with Crippen LogP contribution in [0.25, 0.3) is 0 Å². The fraction of sp³-hybridized carbons (Fsp3) is 0.533. The molecule has 1 aromatic carbocycles. The highest BCUT2D eigenvalue weighted by Gasteiger charge is 2.31. The Kier molecular flexibility index (Phi) is 4.38. The van der Waals surface area contributed by atoms with E-state index in [1.165, 1.54) is 18.2 Å². The predicted octanol–water partition coefficient (Wildman–Crippen LogP) is 2.10. The lowest BCUT2D eigenvalue weighted by atomic mass is 9.95. The molecule has 0 radical (unpaired) electrons. The van der Waals surface area contributed by atoms with Gasteiger partial charge in [0.15, 0.2) is 0 Å². The molecule has 21 heavy (non-hydrogen) atoms. The van der Waals surface area contributed by atoms with Crippen molar-refractivity contribution in [2.75, 3.05) is 6.61 Å². The fourth-order valence-electron chi connectivity index (χ4n) is 2.55. The molecule has 0 spiro atoms. The molecule has 2 rings (SSSR count). The Bertz CT molecular complexity index is 675. The van der Waals surface area contributed by atoms with Gasteiger partial charge in [-0.15, -0.1) is 0 Å². The van der Waals surface area contributed by atoms with E-state index < -0.39 is 10.0 Å². The smallest absolute Gasteiger partial charge is 0.240 e. The second-order valence-corrected chi connectivity index (χ2v) is 7.72. The van der Waals surface area contributed by atoms with E-state index in [0.717, 1.165) is 0 Å². The topological polar surface area (TPSA) is 79.2 Å². The van der Waals surface area contributed by atoms with Crippen molar-refractivity contribution in [3.8, 4) is 6.07 Å². The molecule has 6 heteroatoms. The lowest BCUT2D eigenvalue weighted by Gasteiger charge is -2.35. The molecule has 0 amide bonds. The monoisotopic (exact) mass is 308 g/mol. The Morgan fingerprint density at radius 2 is 2.14 bits per heavy atom. The van der Waals surface area contributed by atoms with Crippen LogP contribution < -0.4 is 4.72 Å². The fourth-order valence-corrected chi connectivity index (χ4v) is 3.90. The van der Waals surface area contributed by atoms with Crippen LogP contribution in [0.2, 0.25) is 0 Å². The van der Waals surface area contributed by atoms with Gasteiger partial charge in [-0.3, -0.25) is 0 Å². The number of benzene rings is 1. The lowest BCUT2D eigenvalue weighted by molar-refractivity contribution is -0.0599. The van der Waals surface area contributed by atoms with Gasteiger partial charge in [-0.25, -0.2) is 13.1 Å². The third kappa shape index (κ3) is 3.82. The lowest BCUT2D eigenvalue weighted by Crippen LogP contribution is -2.45. The van der Waals surface area contributed by atoms with Crippen LogP contribution in [0.4, 0.5) is 0 Å². The second-order valence-electron chi connectivity index (χ2n) is 6.01. The van der Waals surface area contributed by atoms with Crippen molar-refractivity contribution in [2.24, 2.45) is 0 Å². The van der Waals surface area contributed by atoms with Crippen molar-refractivity contribution in [1.82, 2.24) is 4.72 Å². The van der Waals surface area contributed by atoms with Gasteiger partial charge >= 0.3 is 0 Å². The van der Waals surface area contributed by atoms with E-state index in [9.17, 15) is 8.42 Å². The van der Waals surface area contributed by atoms with Gasteiger partial charge in [0.2, 0.25) is 10.0 Å². The highest BCUT2D eigenvalue weighted by Crippen LogP contribution is 2.25. The molecule has 1 aromatic rings. The van der Waals surface area contributed by atoms with Gasteiger partial charge < -0.3 is 4.74 Å². The highest BCUT2D eigenvalue weighted by molar-refractivity contribution is 7.89. The molecule has 0 aromatic heterocycles. The van der Waals surface area contributed by atoms with E-state index in [-0.39, 0.29) is 16.5 Å². The quantitative estimate of drug-likeness (QED) is 0.927. The van der Waals surface area contributed by atoms with Crippen molar-refractivity contribution >= 4 is 10.0 Å². The Hall–Kier alpha value is -1.42. The van der Waals surface area contributed by atoms with Crippen LogP contribution in [0.15, 0.2) is 23.1 Å². The number of nitriles is 1. The number of nitrogens with one attached hydrogen (secondary N) is 1. The van der Waals surface area contributed by atoms with Gasteiger partial charge in [0, 0.05) is 12.6 Å². The van der Waals surface area contributed by atoms with Gasteiger partial charge in [0.1, 0.15) is 0 Å². The van der Waals surface area contributed by atoms with Gasteiger partial charge in [0.05, 0.1) is 22.1 Å². The zero-order valence-electron chi connectivity index (χ0n) is 12.5. The summed E-state index contributed by atoms with van der Waals surface area (Å²) in [6.45, 7) is 6.19. The van der Waals surface area contributed by atoms with Gasteiger partial charge in [-0.05, 0) is 57.4 Å². The van der Waals surface area contributed by atoms with Gasteiger partial charge in [0.25, 0.3) is 0 Å². The molecular weight excluding hydrogens is 288 g/mol. The normalized spacial score (nSPS) is 21.7. The van der Waals surface area contributed by atoms with Crippen molar-refractivity contribution in [3.05, 3.63) is 29.3 Å². The Labute approximate surface area is 126 Å². The summed E-state index contributed by atoms with van der Waals surface area (Å²) in [5.74, 6) is 0. The Balaban J connectivity index is 2.19. The molecule has 1 aliphatic rings. The first-order valence-corrected chi connectivity index (χ1v) is 8.39. The first-order chi connectivity index (χ1) is 9.73. The molecule has 5 nitrogen and oxygen atoms in total. The van der Waals surface area contributed by atoms with E-state index in [0.29, 0.717) is 30.6 Å². The average molecular weight is 308 g/mol. The third-order valence-electron chi connectivity index (χ3n) is 3.65. The predicted molar refractivity (Wildman–Crippen MR) is 79.3 cm³/mol. The van der Waals surface area contributed by atoms with E-state index in [1.807, 2.05) is 19.9 Å². The van der Waals surface area contributed by atoms with Crippen LogP contribution in [0.1, 0.15) is 37.8 Å². The number of hydrogen-bond acceptors (Lipinski definition) is 4. The van der Waals surface area contributed by atoms with Crippen molar-refractivity contribution in [1.29, 1.82) is 5.26 Å². The first kappa shape index (κ1) is 16.0. The molecule has 1 N–H and O–H groups in total. The van der Waals surface area contributed by atoms with Crippen LogP contribution in [0.5, 0.6) is 0 Å². The molecular formula is C15H20N2O3S. The molecule has 1 heterocycles. The number of hydrogen-bond donors (Lipinski definition) is 1. The maximum absolute atomic E-state index is 12.4. The van der Waals surface area contributed by atoms with Crippen LogP contribution >= 0.6 is 0 Å². The molecule has 1 atom stereocenters. The molecule has 1 saturated heterocycles. The number of ether oxygens (including phenoxy) is 1. The summed E-state index contributed by atoms with van der Waals surface area (Å²) in [6.07, 6.45) is 1.30. The van der Waals surface area contributed by atoms with Crippen LogP contribution in [0, 0.1) is 18.3 Å². The summed E-state index contributed by atoms with van der Waals surface area (Å²) < 4.78 is 33.2. The molecule has 1 aliphatic heterocycles. The summed E-state index contributed by atoms with van der Waals surface area (Å²) in [5.41, 5.74) is 0.834. The van der Waals surface area contributed by atoms with Crippen LogP contribution in [0.3, 0.4) is 0 Å². The van der Waals surface area contributed by atoms with Crippen molar-refractivity contribution in [2.45, 2.75) is 50.2 Å². The summed E-state index contributed by atoms with van der Waals surface area (Å²) in [6, 6.07) is 6.45. The molecule has 114 valence electrons. The largest absolute Gasteiger partial charge is 0.375 e. The minimum absolute atomic E-state index is 0.130. The standard InChI is InChI=1S/C15H20N2O3S/c1-11-8-14(5-4-12(11)10-16)21(18,19)17-13-6-7-20-15(2,3)9-13/h4-5,8,13,17H,6-7,9H2,1-3H3. The molecule has 1 unspecified atom stereocenters. The number of rotatable bonds is 3. The SMILES string of the molecule is Cc1cc(S(=O)(=O)NC2CCOC(C)(C)C2)ccc1C#N. The minimum atomic E-state index is -3.57. The van der Waals surface area contributed by atoms with E-state index >= 15 is 0 Å². The highest BCUT2D eigenvalue weighted by atomic mass is 32.2. The summed E-state index contributed by atoms with van der Waals surface area (Å²) in [5, 5.41) is 8.90. The average Bonchev–Trinajstić information content (AvgIpc) is 2.36. The number of nitrogens with zero attached hydrogens (tertiary/aromatic N) is 1. The molecule has 1 fully saturated rings. The van der Waals surface area contributed by atoms with Crippen LogP contribution in [-0.4, -0.2) is 26.7 Å². The van der Waals surface area contributed by atoms with E-state index in [4.69, 9.17) is 10.00 Å². The van der Waals surface area contributed by atoms with E-state index in [1.54, 1.807) is 6.92 Å². The third-order valence-corrected chi connectivity index (χ3v) is 5.17. The summed E-state index contributed by atoms with van der Waals surface area (Å²) >= 11 is 0. The Morgan fingerprint density at radius 3 is 2.71 bits per heavy atom. The maximum Gasteiger partial charge on any atom is 0.240 e. The Morgan fingerprint density at radius 1 is 1.43 bits per heavy atom. The second kappa shape index (κ2) is 5.76. The first-order valence-electron chi connectivity index (χ1n) is 6.90. The summed E-state index contributed by atoms with van der Waals surface area (Å²) in [7, 11) is -3.57. The van der Waals surface area contributed by atoms with Crippen molar-refractivity contribution < 1.29 is 13.2 Å². The zero-order valence-corrected chi connectivity index (χ0v) is 13.3. The van der Waals surface area contributed by atoms with Crippen molar-refractivity contribution in [3.63, 3.8) is 0 Å². The number of aryl methyl sites for hydroxylation is 1.